The number of nitrogens with zero attached hydrogens (tertiary/aromatic N) is 2. The normalized spacial score (nSPS) is 20.9. The first-order valence-electron chi connectivity index (χ1n) is 12.0. The van der Waals surface area contributed by atoms with Crippen molar-refractivity contribution in [3.05, 3.63) is 64.7 Å². The Bertz CT molecular complexity index is 894. The van der Waals surface area contributed by atoms with Crippen LogP contribution in [0.5, 0.6) is 5.75 Å². The van der Waals surface area contributed by atoms with Crippen LogP contribution >= 0.6 is 0 Å². The van der Waals surface area contributed by atoms with Crippen LogP contribution in [0.15, 0.2) is 42.5 Å². The topological polar surface area (TPSA) is 15.7 Å². The van der Waals surface area contributed by atoms with Gasteiger partial charge in [0.25, 0.3) is 0 Å². The van der Waals surface area contributed by atoms with E-state index < -0.39 is 0 Å². The van der Waals surface area contributed by atoms with Crippen molar-refractivity contribution in [1.82, 2.24) is 9.80 Å². The number of ether oxygens (including phenoxy) is 1. The van der Waals surface area contributed by atoms with Crippen LogP contribution in [0.1, 0.15) is 87.6 Å². The van der Waals surface area contributed by atoms with E-state index in [0.717, 1.165) is 37.8 Å². The summed E-state index contributed by atoms with van der Waals surface area (Å²) in [5, 5.41) is 0. The van der Waals surface area contributed by atoms with Crippen LogP contribution in [-0.2, 0) is 6.54 Å². The van der Waals surface area contributed by atoms with Gasteiger partial charge in [0.1, 0.15) is 5.75 Å². The quantitative estimate of drug-likeness (QED) is 0.541. The second-order valence-electron chi connectivity index (χ2n) is 10.7. The maximum atomic E-state index is 5.74. The van der Waals surface area contributed by atoms with Crippen LogP contribution < -0.4 is 4.74 Å². The van der Waals surface area contributed by atoms with Crippen LogP contribution in [0, 0.1) is 0 Å². The highest BCUT2D eigenvalue weighted by Crippen LogP contribution is 2.44. The minimum absolute atomic E-state index is 0.149. The summed E-state index contributed by atoms with van der Waals surface area (Å²) >= 11 is 0. The van der Waals surface area contributed by atoms with E-state index in [-0.39, 0.29) is 5.54 Å². The first kappa shape index (κ1) is 22.4. The summed E-state index contributed by atoms with van der Waals surface area (Å²) in [6.45, 7) is 15.9. The fraction of sp³-hybridized carbons (Fsp3) is 0.571. The minimum atomic E-state index is 0.149. The molecule has 1 saturated carbocycles. The lowest BCUT2D eigenvalue weighted by atomic mass is 9.88. The van der Waals surface area contributed by atoms with Gasteiger partial charge in [-0.05, 0) is 73.8 Å². The Kier molecular flexibility index (Phi) is 6.46. The van der Waals surface area contributed by atoms with Gasteiger partial charge in [-0.1, -0.05) is 50.2 Å². The van der Waals surface area contributed by atoms with Gasteiger partial charge in [0.15, 0.2) is 0 Å². The highest BCUT2D eigenvalue weighted by atomic mass is 16.5. The van der Waals surface area contributed by atoms with E-state index in [4.69, 9.17) is 4.74 Å². The predicted molar refractivity (Wildman–Crippen MR) is 130 cm³/mol. The smallest absolute Gasteiger partial charge is 0.122 e. The van der Waals surface area contributed by atoms with Crippen molar-refractivity contribution in [3.8, 4) is 5.75 Å². The first-order valence-corrected chi connectivity index (χ1v) is 12.0. The molecule has 3 nitrogen and oxygen atoms in total. The lowest BCUT2D eigenvalue weighted by Gasteiger charge is -2.49. The molecule has 1 aliphatic carbocycles. The van der Waals surface area contributed by atoms with Gasteiger partial charge in [0.2, 0.25) is 0 Å². The van der Waals surface area contributed by atoms with E-state index in [9.17, 15) is 0 Å². The molecule has 168 valence electrons. The molecule has 0 N–H and O–H groups in total. The van der Waals surface area contributed by atoms with Gasteiger partial charge in [0.05, 0.1) is 7.11 Å². The maximum Gasteiger partial charge on any atom is 0.122 e. The molecule has 1 aliphatic heterocycles. The number of rotatable bonds is 6. The van der Waals surface area contributed by atoms with Gasteiger partial charge >= 0.3 is 0 Å². The third-order valence-electron chi connectivity index (χ3n) is 7.02. The molecule has 1 unspecified atom stereocenters. The molecule has 2 aromatic carbocycles. The van der Waals surface area contributed by atoms with E-state index in [1.165, 1.54) is 35.1 Å². The second kappa shape index (κ2) is 8.96. The molecule has 0 amide bonds. The van der Waals surface area contributed by atoms with Gasteiger partial charge in [-0.2, -0.15) is 0 Å². The zero-order chi connectivity index (χ0) is 22.2. The van der Waals surface area contributed by atoms with Crippen molar-refractivity contribution in [2.75, 3.05) is 26.7 Å². The molecule has 0 radical (unpaired) electrons. The van der Waals surface area contributed by atoms with E-state index in [0.29, 0.717) is 12.0 Å². The van der Waals surface area contributed by atoms with Gasteiger partial charge in [0, 0.05) is 37.8 Å². The molecule has 0 spiro atoms. The summed E-state index contributed by atoms with van der Waals surface area (Å²) < 4.78 is 5.74. The van der Waals surface area contributed by atoms with Crippen molar-refractivity contribution in [2.45, 2.75) is 77.4 Å². The molecule has 4 rings (SSSR count). The molecule has 2 fully saturated rings. The monoisotopic (exact) mass is 420 g/mol. The molecule has 1 heterocycles. The number of methoxy groups -OCH3 is 1. The van der Waals surface area contributed by atoms with Crippen molar-refractivity contribution in [1.29, 1.82) is 0 Å². The van der Waals surface area contributed by atoms with Crippen molar-refractivity contribution < 1.29 is 4.74 Å². The van der Waals surface area contributed by atoms with Crippen LogP contribution in [0.25, 0.3) is 0 Å². The molecule has 3 heteroatoms. The van der Waals surface area contributed by atoms with Gasteiger partial charge < -0.3 is 4.74 Å². The van der Waals surface area contributed by atoms with Crippen LogP contribution in [-0.4, -0.2) is 42.1 Å². The minimum Gasteiger partial charge on any atom is -0.496 e. The summed E-state index contributed by atoms with van der Waals surface area (Å²) in [6.07, 6.45) is 2.61. The number of hydrogen-bond donors (Lipinski definition) is 0. The van der Waals surface area contributed by atoms with E-state index >= 15 is 0 Å². The summed E-state index contributed by atoms with van der Waals surface area (Å²) in [5.41, 5.74) is 5.89. The SMILES string of the molecule is COc1cc(CN2CCN(C(C)(C)C)C(c3ccccc3C(C)C)C2)ccc1C1CC1. The third-order valence-corrected chi connectivity index (χ3v) is 7.02. The lowest BCUT2D eigenvalue weighted by Crippen LogP contribution is -2.55. The molecular formula is C28H40N2O. The molecule has 2 aliphatic rings. The number of hydrogen-bond acceptors (Lipinski definition) is 3. The van der Waals surface area contributed by atoms with Crippen molar-refractivity contribution in [2.24, 2.45) is 0 Å². The van der Waals surface area contributed by atoms with Crippen LogP contribution in [0.4, 0.5) is 0 Å². The Morgan fingerprint density at radius 1 is 1.00 bits per heavy atom. The highest BCUT2D eigenvalue weighted by Gasteiger charge is 2.36. The summed E-state index contributed by atoms with van der Waals surface area (Å²) in [7, 11) is 1.81. The van der Waals surface area contributed by atoms with Crippen molar-refractivity contribution in [3.63, 3.8) is 0 Å². The molecule has 0 aromatic heterocycles. The van der Waals surface area contributed by atoms with Crippen LogP contribution in [0.3, 0.4) is 0 Å². The average molecular weight is 421 g/mol. The highest BCUT2D eigenvalue weighted by molar-refractivity contribution is 5.42. The summed E-state index contributed by atoms with van der Waals surface area (Å²) in [4.78, 5) is 5.34. The molecule has 0 bridgehead atoms. The first-order chi connectivity index (χ1) is 14.8. The summed E-state index contributed by atoms with van der Waals surface area (Å²) in [6, 6.07) is 16.4. The molecule has 2 aromatic rings. The second-order valence-corrected chi connectivity index (χ2v) is 10.7. The lowest BCUT2D eigenvalue weighted by molar-refractivity contribution is 0.00553. The zero-order valence-corrected chi connectivity index (χ0v) is 20.3. The average Bonchev–Trinajstić information content (AvgIpc) is 3.58. The Labute approximate surface area is 189 Å². The van der Waals surface area contributed by atoms with E-state index in [1.807, 2.05) is 7.11 Å². The zero-order valence-electron chi connectivity index (χ0n) is 20.3. The van der Waals surface area contributed by atoms with Gasteiger partial charge in [-0.3, -0.25) is 9.80 Å². The fourth-order valence-corrected chi connectivity index (χ4v) is 5.24. The third kappa shape index (κ3) is 4.99. The predicted octanol–water partition coefficient (Wildman–Crippen LogP) is 6.35. The van der Waals surface area contributed by atoms with Gasteiger partial charge in [-0.25, -0.2) is 0 Å². The number of benzene rings is 2. The molecule has 1 atom stereocenters. The summed E-state index contributed by atoms with van der Waals surface area (Å²) in [5.74, 6) is 2.33. The van der Waals surface area contributed by atoms with E-state index in [2.05, 4.69) is 86.9 Å². The fourth-order valence-electron chi connectivity index (χ4n) is 5.24. The standard InChI is InChI=1S/C28H40N2O/c1-20(2)23-9-7-8-10-25(23)26-19-29(15-16-30(26)28(3,4)5)18-21-11-14-24(22-12-13-22)27(17-21)31-6/h7-11,14,17,20,22,26H,12-13,15-16,18-19H2,1-6H3. The largest absolute Gasteiger partial charge is 0.496 e. The van der Waals surface area contributed by atoms with E-state index in [1.54, 1.807) is 0 Å². The van der Waals surface area contributed by atoms with Crippen molar-refractivity contribution >= 4 is 0 Å². The maximum absolute atomic E-state index is 5.74. The Morgan fingerprint density at radius 3 is 2.39 bits per heavy atom. The molecular weight excluding hydrogens is 380 g/mol. The van der Waals surface area contributed by atoms with Gasteiger partial charge in [-0.15, -0.1) is 0 Å². The van der Waals surface area contributed by atoms with Crippen LogP contribution in [0.2, 0.25) is 0 Å². The number of piperazine rings is 1. The molecule has 31 heavy (non-hydrogen) atoms. The Morgan fingerprint density at radius 2 is 1.74 bits per heavy atom. The Balaban J connectivity index is 1.58. The Hall–Kier alpha value is -1.84. The molecule has 1 saturated heterocycles.